The second kappa shape index (κ2) is 5.94. The Morgan fingerprint density at radius 2 is 2.12 bits per heavy atom. The van der Waals surface area contributed by atoms with E-state index in [9.17, 15) is 0 Å². The summed E-state index contributed by atoms with van der Waals surface area (Å²) in [6.45, 7) is 6.56. The number of hydrogen-bond donors (Lipinski definition) is 2. The molecule has 0 fully saturated rings. The summed E-state index contributed by atoms with van der Waals surface area (Å²) in [5, 5.41) is 4.07. The molecule has 90 valence electrons. The van der Waals surface area contributed by atoms with E-state index in [2.05, 4.69) is 36.1 Å². The number of hydrogen-bond acceptors (Lipinski definition) is 5. The van der Waals surface area contributed by atoms with E-state index < -0.39 is 0 Å². The Labute approximate surface area is 101 Å². The minimum Gasteiger partial charge on any atom is -0.383 e. The molecule has 0 bridgehead atoms. The van der Waals surface area contributed by atoms with Gasteiger partial charge in [0.15, 0.2) is 5.16 Å². The molecule has 0 radical (unpaired) electrons. The third kappa shape index (κ3) is 3.56. The minimum absolute atomic E-state index is 0.383. The molecular formula is C11H20N4S. The molecule has 1 aromatic heterocycles. The molecule has 0 spiro atoms. The summed E-state index contributed by atoms with van der Waals surface area (Å²) in [5.41, 5.74) is 5.71. The molecule has 1 aromatic rings. The Morgan fingerprint density at radius 3 is 2.69 bits per heavy atom. The van der Waals surface area contributed by atoms with Gasteiger partial charge in [-0.15, -0.1) is 0 Å². The van der Waals surface area contributed by atoms with Gasteiger partial charge in [0.2, 0.25) is 0 Å². The van der Waals surface area contributed by atoms with Gasteiger partial charge in [-0.3, -0.25) is 0 Å². The van der Waals surface area contributed by atoms with Crippen LogP contribution in [0.1, 0.15) is 27.2 Å². The smallest absolute Gasteiger partial charge is 0.191 e. The first-order valence-corrected chi connectivity index (χ1v) is 6.74. The van der Waals surface area contributed by atoms with Crippen LogP contribution in [-0.4, -0.2) is 22.3 Å². The van der Waals surface area contributed by atoms with Crippen LogP contribution in [0.15, 0.2) is 11.2 Å². The molecule has 3 N–H and O–H groups in total. The van der Waals surface area contributed by atoms with Crippen LogP contribution in [0.2, 0.25) is 0 Å². The maximum absolute atomic E-state index is 5.71. The van der Waals surface area contributed by atoms with Crippen molar-refractivity contribution in [3.63, 3.8) is 0 Å². The van der Waals surface area contributed by atoms with Crippen LogP contribution in [0, 0.1) is 5.92 Å². The number of rotatable bonds is 5. The van der Waals surface area contributed by atoms with Gasteiger partial charge in [-0.05, 0) is 19.1 Å². The molecule has 5 heteroatoms. The zero-order valence-electron chi connectivity index (χ0n) is 10.3. The summed E-state index contributed by atoms with van der Waals surface area (Å²) in [6.07, 6.45) is 3.08. The molecule has 2 unspecified atom stereocenters. The Morgan fingerprint density at radius 1 is 1.44 bits per heavy atom. The lowest BCUT2D eigenvalue weighted by Crippen LogP contribution is -2.24. The predicted octanol–water partition coefficient (Wildman–Crippen LogP) is 2.63. The van der Waals surface area contributed by atoms with E-state index in [1.807, 2.05) is 6.26 Å². The fourth-order valence-electron chi connectivity index (χ4n) is 1.34. The van der Waals surface area contributed by atoms with Crippen LogP contribution in [0.4, 0.5) is 11.6 Å². The van der Waals surface area contributed by atoms with E-state index in [-0.39, 0.29) is 0 Å². The molecule has 0 aliphatic carbocycles. The number of nitrogens with zero attached hydrogens (tertiary/aromatic N) is 2. The molecule has 0 aliphatic rings. The maximum atomic E-state index is 5.71. The zero-order chi connectivity index (χ0) is 12.1. The molecule has 0 amide bonds. The van der Waals surface area contributed by atoms with E-state index in [0.717, 1.165) is 12.2 Å². The molecule has 0 aliphatic heterocycles. The second-order valence-electron chi connectivity index (χ2n) is 3.98. The fraction of sp³-hybridized carbons (Fsp3) is 0.636. The van der Waals surface area contributed by atoms with Crippen LogP contribution >= 0.6 is 11.8 Å². The highest BCUT2D eigenvalue weighted by atomic mass is 32.2. The number of thioether (sulfide) groups is 1. The molecule has 1 rings (SSSR count). The monoisotopic (exact) mass is 240 g/mol. The van der Waals surface area contributed by atoms with Crippen LogP contribution in [0.5, 0.6) is 0 Å². The van der Waals surface area contributed by atoms with Gasteiger partial charge in [0, 0.05) is 12.1 Å². The molecule has 16 heavy (non-hydrogen) atoms. The molecule has 1 heterocycles. The van der Waals surface area contributed by atoms with E-state index in [1.165, 1.54) is 11.8 Å². The molecule has 0 saturated carbocycles. The van der Waals surface area contributed by atoms with E-state index in [1.54, 1.807) is 6.07 Å². The molecule has 0 saturated heterocycles. The maximum Gasteiger partial charge on any atom is 0.191 e. The van der Waals surface area contributed by atoms with Crippen LogP contribution in [0.25, 0.3) is 0 Å². The lowest BCUT2D eigenvalue weighted by molar-refractivity contribution is 0.493. The summed E-state index contributed by atoms with van der Waals surface area (Å²) < 4.78 is 0. The summed E-state index contributed by atoms with van der Waals surface area (Å²) in [5.74, 6) is 1.93. The van der Waals surface area contributed by atoms with Crippen molar-refractivity contribution in [1.29, 1.82) is 0 Å². The van der Waals surface area contributed by atoms with Gasteiger partial charge in [-0.25, -0.2) is 9.97 Å². The van der Waals surface area contributed by atoms with Crippen molar-refractivity contribution < 1.29 is 0 Å². The average Bonchev–Trinajstić information content (AvgIpc) is 2.26. The summed E-state index contributed by atoms with van der Waals surface area (Å²) in [4.78, 5) is 8.48. The first-order chi connectivity index (χ1) is 7.56. The molecule has 4 nitrogen and oxygen atoms in total. The molecular weight excluding hydrogens is 220 g/mol. The fourth-order valence-corrected chi connectivity index (χ4v) is 1.72. The highest BCUT2D eigenvalue weighted by Gasteiger charge is 2.11. The van der Waals surface area contributed by atoms with Crippen LogP contribution < -0.4 is 11.1 Å². The van der Waals surface area contributed by atoms with Crippen molar-refractivity contribution in [2.24, 2.45) is 5.92 Å². The van der Waals surface area contributed by atoms with Gasteiger partial charge in [0.1, 0.15) is 11.6 Å². The Hall–Kier alpha value is -0.970. The molecule has 2 atom stereocenters. The summed E-state index contributed by atoms with van der Waals surface area (Å²) >= 11 is 1.50. The molecule has 0 aromatic carbocycles. The van der Waals surface area contributed by atoms with E-state index in [4.69, 9.17) is 5.73 Å². The van der Waals surface area contributed by atoms with E-state index >= 15 is 0 Å². The summed E-state index contributed by atoms with van der Waals surface area (Å²) in [7, 11) is 0. The van der Waals surface area contributed by atoms with Crippen molar-refractivity contribution in [2.75, 3.05) is 17.3 Å². The highest BCUT2D eigenvalue weighted by molar-refractivity contribution is 7.98. The van der Waals surface area contributed by atoms with Crippen LogP contribution in [0.3, 0.4) is 0 Å². The van der Waals surface area contributed by atoms with Gasteiger partial charge in [-0.1, -0.05) is 32.0 Å². The Bertz CT molecular complexity index is 343. The van der Waals surface area contributed by atoms with Crippen molar-refractivity contribution in [3.05, 3.63) is 6.07 Å². The lowest BCUT2D eigenvalue weighted by Gasteiger charge is -2.20. The van der Waals surface area contributed by atoms with Gasteiger partial charge in [0.25, 0.3) is 0 Å². The summed E-state index contributed by atoms with van der Waals surface area (Å²) in [6, 6.07) is 2.16. The van der Waals surface area contributed by atoms with Crippen molar-refractivity contribution >= 4 is 23.4 Å². The third-order valence-electron chi connectivity index (χ3n) is 2.78. The number of nitrogen functional groups attached to an aromatic ring is 1. The third-order valence-corrected chi connectivity index (χ3v) is 3.33. The quantitative estimate of drug-likeness (QED) is 0.612. The van der Waals surface area contributed by atoms with Crippen molar-refractivity contribution in [3.8, 4) is 0 Å². The van der Waals surface area contributed by atoms with Crippen LogP contribution in [-0.2, 0) is 0 Å². The first kappa shape index (κ1) is 13.1. The predicted molar refractivity (Wildman–Crippen MR) is 70.8 cm³/mol. The van der Waals surface area contributed by atoms with Crippen molar-refractivity contribution in [2.45, 2.75) is 38.4 Å². The number of nitrogens with one attached hydrogen (secondary N) is 1. The van der Waals surface area contributed by atoms with Crippen molar-refractivity contribution in [1.82, 2.24) is 9.97 Å². The standard InChI is InChI=1S/C11H20N4S/c1-5-7(2)8(3)13-10-6-9(12)14-11(15-10)16-4/h6-8H,5H2,1-4H3,(H3,12,13,14,15). The Kier molecular flexibility index (Phi) is 4.86. The first-order valence-electron chi connectivity index (χ1n) is 5.51. The van der Waals surface area contributed by atoms with Gasteiger partial charge < -0.3 is 11.1 Å². The zero-order valence-corrected chi connectivity index (χ0v) is 11.1. The second-order valence-corrected chi connectivity index (χ2v) is 4.76. The van der Waals surface area contributed by atoms with Gasteiger partial charge >= 0.3 is 0 Å². The SMILES string of the molecule is CCC(C)C(C)Nc1cc(N)nc(SC)n1. The average molecular weight is 240 g/mol. The minimum atomic E-state index is 0.383. The van der Waals surface area contributed by atoms with E-state index in [0.29, 0.717) is 22.9 Å². The number of anilines is 2. The number of aromatic nitrogens is 2. The lowest BCUT2D eigenvalue weighted by atomic mass is 10.0. The Balaban J connectivity index is 2.76. The number of nitrogens with two attached hydrogens (primary N) is 1. The topological polar surface area (TPSA) is 63.8 Å². The largest absolute Gasteiger partial charge is 0.383 e. The highest BCUT2D eigenvalue weighted by Crippen LogP contribution is 2.18. The van der Waals surface area contributed by atoms with Gasteiger partial charge in [-0.2, -0.15) is 0 Å². The normalized spacial score (nSPS) is 14.5. The van der Waals surface area contributed by atoms with Gasteiger partial charge in [0.05, 0.1) is 0 Å².